The van der Waals surface area contributed by atoms with Crippen molar-refractivity contribution >= 4 is 22.0 Å². The van der Waals surface area contributed by atoms with Crippen LogP contribution in [-0.2, 0) is 14.8 Å². The topological polar surface area (TPSA) is 136 Å². The van der Waals surface area contributed by atoms with E-state index in [1.165, 1.54) is 0 Å². The molecule has 9 heteroatoms. The molecule has 0 saturated carbocycles. The zero-order chi connectivity index (χ0) is 14.6. The molecule has 1 fully saturated rings. The van der Waals surface area contributed by atoms with Crippen LogP contribution in [0.1, 0.15) is 26.2 Å². The van der Waals surface area contributed by atoms with Gasteiger partial charge in [0.25, 0.3) is 0 Å². The molecule has 110 valence electrons. The van der Waals surface area contributed by atoms with Crippen LogP contribution in [0.4, 0.5) is 4.79 Å². The number of hydrogen-bond donors (Lipinski definition) is 3. The predicted octanol–water partition coefficient (Wildman–Crippen LogP) is -1.29. The fourth-order valence-electron chi connectivity index (χ4n) is 2.08. The summed E-state index contributed by atoms with van der Waals surface area (Å²) in [6.45, 7) is 1.96. The van der Waals surface area contributed by atoms with E-state index in [-0.39, 0.29) is 18.7 Å². The van der Waals surface area contributed by atoms with Gasteiger partial charge in [0.1, 0.15) is 6.04 Å². The van der Waals surface area contributed by atoms with E-state index in [0.29, 0.717) is 6.42 Å². The van der Waals surface area contributed by atoms with Gasteiger partial charge in [-0.15, -0.1) is 0 Å². The molecule has 1 heterocycles. The Kier molecular flexibility index (Phi) is 5.12. The van der Waals surface area contributed by atoms with Gasteiger partial charge >= 0.3 is 6.03 Å². The van der Waals surface area contributed by atoms with Gasteiger partial charge in [-0.2, -0.15) is 0 Å². The number of urea groups is 1. The highest BCUT2D eigenvalue weighted by Gasteiger charge is 2.39. The van der Waals surface area contributed by atoms with Crippen LogP contribution in [0, 0.1) is 0 Å². The van der Waals surface area contributed by atoms with E-state index >= 15 is 0 Å². The van der Waals surface area contributed by atoms with E-state index < -0.39 is 34.0 Å². The second-order valence-electron chi connectivity index (χ2n) is 4.63. The van der Waals surface area contributed by atoms with Crippen molar-refractivity contribution in [3.05, 3.63) is 0 Å². The molecule has 0 radical (unpaired) electrons. The van der Waals surface area contributed by atoms with E-state index in [2.05, 4.69) is 4.72 Å². The second-order valence-corrected chi connectivity index (χ2v) is 6.51. The number of unbranched alkanes of at least 4 members (excludes halogenated alkanes) is 1. The van der Waals surface area contributed by atoms with E-state index in [4.69, 9.17) is 11.5 Å². The summed E-state index contributed by atoms with van der Waals surface area (Å²) >= 11 is 0. The van der Waals surface area contributed by atoms with E-state index in [1.807, 2.05) is 6.92 Å². The Bertz CT molecular complexity index is 428. The fraction of sp³-hybridized carbons (Fsp3) is 0.800. The average molecular weight is 292 g/mol. The Morgan fingerprint density at radius 1 is 1.37 bits per heavy atom. The molecule has 1 aliphatic rings. The lowest BCUT2D eigenvalue weighted by Crippen LogP contribution is -2.46. The molecule has 0 bridgehead atoms. The highest BCUT2D eigenvalue weighted by molar-refractivity contribution is 7.89. The number of carbonyl (C=O) groups is 2. The van der Waals surface area contributed by atoms with Crippen molar-refractivity contribution in [3.8, 4) is 0 Å². The van der Waals surface area contributed by atoms with Crippen LogP contribution >= 0.6 is 0 Å². The first kappa shape index (κ1) is 15.7. The molecule has 1 rings (SSSR count). The van der Waals surface area contributed by atoms with Crippen LogP contribution in [-0.4, -0.2) is 49.6 Å². The van der Waals surface area contributed by atoms with Crippen LogP contribution in [0.15, 0.2) is 0 Å². The summed E-state index contributed by atoms with van der Waals surface area (Å²) in [4.78, 5) is 23.5. The largest absolute Gasteiger partial charge is 0.368 e. The summed E-state index contributed by atoms with van der Waals surface area (Å²) in [5.41, 5.74) is 10.3. The Morgan fingerprint density at radius 3 is 2.42 bits per heavy atom. The number of sulfonamides is 1. The Labute approximate surface area is 112 Å². The smallest absolute Gasteiger partial charge is 0.315 e. The Hall–Kier alpha value is -1.35. The molecule has 0 aromatic rings. The van der Waals surface area contributed by atoms with Crippen molar-refractivity contribution in [2.24, 2.45) is 11.5 Å². The standard InChI is InChI=1S/C10H20N4O4S/c1-2-3-4-19(17,18)13-7-5-8(9(11)15)14(6-7)10(12)16/h7-8,13H,2-6H2,1H3,(H2,11,15)(H2,12,16)/t7-,8+/m0/s1. The minimum absolute atomic E-state index is 0.0256. The van der Waals surface area contributed by atoms with Crippen molar-refractivity contribution in [3.63, 3.8) is 0 Å². The zero-order valence-corrected chi connectivity index (χ0v) is 11.6. The molecular formula is C10H20N4O4S. The second kappa shape index (κ2) is 6.20. The van der Waals surface area contributed by atoms with Crippen molar-refractivity contribution in [2.75, 3.05) is 12.3 Å². The summed E-state index contributed by atoms with van der Waals surface area (Å²) in [6.07, 6.45) is 1.48. The molecule has 5 N–H and O–H groups in total. The van der Waals surface area contributed by atoms with Crippen LogP contribution < -0.4 is 16.2 Å². The van der Waals surface area contributed by atoms with E-state index in [1.54, 1.807) is 0 Å². The molecule has 0 aromatic heterocycles. The molecule has 8 nitrogen and oxygen atoms in total. The summed E-state index contributed by atoms with van der Waals surface area (Å²) in [5, 5.41) is 0. The molecule has 19 heavy (non-hydrogen) atoms. The monoisotopic (exact) mass is 292 g/mol. The lowest BCUT2D eigenvalue weighted by atomic mass is 10.2. The fourth-order valence-corrected chi connectivity index (χ4v) is 3.55. The molecule has 2 atom stereocenters. The number of primary amides is 2. The number of nitrogens with zero attached hydrogens (tertiary/aromatic N) is 1. The van der Waals surface area contributed by atoms with Gasteiger partial charge in [-0.1, -0.05) is 13.3 Å². The maximum Gasteiger partial charge on any atom is 0.315 e. The van der Waals surface area contributed by atoms with Gasteiger partial charge in [-0.3, -0.25) is 4.79 Å². The normalized spacial score (nSPS) is 23.5. The lowest BCUT2D eigenvalue weighted by Gasteiger charge is -2.18. The number of carbonyl (C=O) groups excluding carboxylic acids is 2. The Balaban J connectivity index is 2.68. The molecule has 1 aliphatic heterocycles. The van der Waals surface area contributed by atoms with Gasteiger partial charge < -0.3 is 16.4 Å². The van der Waals surface area contributed by atoms with Crippen molar-refractivity contribution in [1.29, 1.82) is 0 Å². The quantitative estimate of drug-likeness (QED) is 0.561. The van der Waals surface area contributed by atoms with Gasteiger partial charge in [-0.05, 0) is 12.8 Å². The number of hydrogen-bond acceptors (Lipinski definition) is 4. The average Bonchev–Trinajstić information content (AvgIpc) is 2.70. The first-order chi connectivity index (χ1) is 8.76. The van der Waals surface area contributed by atoms with Gasteiger partial charge in [-0.25, -0.2) is 17.9 Å². The molecule has 3 amide bonds. The van der Waals surface area contributed by atoms with Crippen molar-refractivity contribution in [1.82, 2.24) is 9.62 Å². The summed E-state index contributed by atoms with van der Waals surface area (Å²) < 4.78 is 25.9. The van der Waals surface area contributed by atoms with Crippen molar-refractivity contribution < 1.29 is 18.0 Å². The summed E-state index contributed by atoms with van der Waals surface area (Å²) in [5.74, 6) is -0.660. The van der Waals surface area contributed by atoms with Crippen LogP contribution in [0.3, 0.4) is 0 Å². The van der Waals surface area contributed by atoms with Crippen LogP contribution in [0.25, 0.3) is 0 Å². The number of nitrogens with two attached hydrogens (primary N) is 2. The van der Waals surface area contributed by atoms with Gasteiger partial charge in [0.05, 0.1) is 5.75 Å². The molecule has 0 spiro atoms. The van der Waals surface area contributed by atoms with Gasteiger partial charge in [0, 0.05) is 12.6 Å². The van der Waals surface area contributed by atoms with E-state index in [0.717, 1.165) is 11.3 Å². The minimum atomic E-state index is -3.41. The van der Waals surface area contributed by atoms with E-state index in [9.17, 15) is 18.0 Å². The maximum absolute atomic E-state index is 11.7. The SMILES string of the molecule is CCCCS(=O)(=O)N[C@H]1C[C@H](C(N)=O)N(C(N)=O)C1. The number of likely N-dealkylation sites (tertiary alicyclic amines) is 1. The number of nitrogens with one attached hydrogen (secondary N) is 1. The third-order valence-corrected chi connectivity index (χ3v) is 4.54. The number of amides is 3. The summed E-state index contributed by atoms with van der Waals surface area (Å²) in [6, 6.07) is -2.15. The molecule has 0 unspecified atom stereocenters. The maximum atomic E-state index is 11.7. The molecule has 1 saturated heterocycles. The first-order valence-corrected chi connectivity index (χ1v) is 7.77. The zero-order valence-electron chi connectivity index (χ0n) is 10.8. The summed E-state index contributed by atoms with van der Waals surface area (Å²) in [7, 11) is -3.41. The minimum Gasteiger partial charge on any atom is -0.368 e. The van der Waals surface area contributed by atoms with Crippen LogP contribution in [0.2, 0.25) is 0 Å². The highest BCUT2D eigenvalue weighted by Crippen LogP contribution is 2.18. The third-order valence-electron chi connectivity index (χ3n) is 3.03. The van der Waals surface area contributed by atoms with Gasteiger partial charge in [0.15, 0.2) is 0 Å². The van der Waals surface area contributed by atoms with Crippen molar-refractivity contribution in [2.45, 2.75) is 38.3 Å². The predicted molar refractivity (Wildman–Crippen MR) is 69.5 cm³/mol. The highest BCUT2D eigenvalue weighted by atomic mass is 32.2. The van der Waals surface area contributed by atoms with Crippen LogP contribution in [0.5, 0.6) is 0 Å². The molecule has 0 aliphatic carbocycles. The Morgan fingerprint density at radius 2 is 2.00 bits per heavy atom. The molecule has 0 aromatic carbocycles. The van der Waals surface area contributed by atoms with Gasteiger partial charge in [0.2, 0.25) is 15.9 Å². The first-order valence-electron chi connectivity index (χ1n) is 6.12. The molecular weight excluding hydrogens is 272 g/mol. The third kappa shape index (κ3) is 4.35. The number of rotatable bonds is 6. The lowest BCUT2D eigenvalue weighted by molar-refractivity contribution is -0.121.